The van der Waals surface area contributed by atoms with Gasteiger partial charge < -0.3 is 21.5 Å². The second kappa shape index (κ2) is 11.6. The number of carbonyl (C=O) groups excluding carboxylic acids is 2. The Balaban J connectivity index is 1.91. The predicted molar refractivity (Wildman–Crippen MR) is 134 cm³/mol. The van der Waals surface area contributed by atoms with Crippen LogP contribution in [0.25, 0.3) is 0 Å². The number of hydrogen-bond donors (Lipinski definition) is 4. The zero-order chi connectivity index (χ0) is 24.7. The van der Waals surface area contributed by atoms with E-state index in [-0.39, 0.29) is 22.6 Å². The highest BCUT2D eigenvalue weighted by molar-refractivity contribution is 7.99. The molecule has 1 aromatic heterocycles. The fourth-order valence-corrected chi connectivity index (χ4v) is 4.23. The number of anilines is 2. The Morgan fingerprint density at radius 1 is 1.03 bits per heavy atom. The zero-order valence-corrected chi connectivity index (χ0v) is 19.9. The summed E-state index contributed by atoms with van der Waals surface area (Å²) in [6, 6.07) is 12.4. The third kappa shape index (κ3) is 6.57. The number of aromatic carboxylic acids is 1. The molecule has 3 rings (SSSR count). The van der Waals surface area contributed by atoms with Crippen LogP contribution in [0, 0.1) is 6.92 Å². The summed E-state index contributed by atoms with van der Waals surface area (Å²) < 4.78 is 0. The van der Waals surface area contributed by atoms with E-state index in [9.17, 15) is 19.5 Å². The number of nitrogens with one attached hydrogen (secondary N) is 2. The molecule has 3 aromatic rings. The van der Waals surface area contributed by atoms with Crippen LogP contribution >= 0.6 is 23.4 Å². The van der Waals surface area contributed by atoms with Crippen LogP contribution in [0.1, 0.15) is 43.1 Å². The lowest BCUT2D eigenvalue weighted by atomic mass is 10.1. The molecule has 0 spiro atoms. The Bertz CT molecular complexity index is 1220. The minimum atomic E-state index is -1.19. The number of carboxylic acid groups (broad SMARTS) is 1. The Labute approximate surface area is 205 Å². The van der Waals surface area contributed by atoms with Crippen molar-refractivity contribution in [2.75, 3.05) is 22.9 Å². The van der Waals surface area contributed by atoms with E-state index in [0.29, 0.717) is 17.1 Å². The summed E-state index contributed by atoms with van der Waals surface area (Å²) in [5.41, 5.74) is 7.07. The summed E-state index contributed by atoms with van der Waals surface area (Å²) in [7, 11) is 0. The van der Waals surface area contributed by atoms with Crippen molar-refractivity contribution in [3.63, 3.8) is 0 Å². The summed E-state index contributed by atoms with van der Waals surface area (Å²) in [5, 5.41) is 15.1. The van der Waals surface area contributed by atoms with Crippen LogP contribution in [0.3, 0.4) is 0 Å². The van der Waals surface area contributed by atoms with Crippen molar-refractivity contribution >= 4 is 52.7 Å². The van der Waals surface area contributed by atoms with Crippen molar-refractivity contribution in [1.29, 1.82) is 0 Å². The highest BCUT2D eigenvalue weighted by atomic mass is 35.5. The zero-order valence-electron chi connectivity index (χ0n) is 18.3. The molecule has 0 bridgehead atoms. The summed E-state index contributed by atoms with van der Waals surface area (Å²) in [4.78, 5) is 42.4. The maximum Gasteiger partial charge on any atom is 0.335 e. The molecule has 0 aliphatic carbocycles. The van der Waals surface area contributed by atoms with Gasteiger partial charge in [-0.25, -0.2) is 9.78 Å². The number of rotatable bonds is 9. The number of hydrogen-bond acceptors (Lipinski definition) is 6. The summed E-state index contributed by atoms with van der Waals surface area (Å²) in [5.74, 6) is -1.21. The topological polar surface area (TPSA) is 134 Å². The molecule has 0 fully saturated rings. The second-order valence-corrected chi connectivity index (χ2v) is 8.90. The fraction of sp³-hybridized carbons (Fsp3) is 0.167. The van der Waals surface area contributed by atoms with Gasteiger partial charge >= 0.3 is 5.97 Å². The third-order valence-corrected chi connectivity index (χ3v) is 6.08. The summed E-state index contributed by atoms with van der Waals surface area (Å²) >= 11 is 7.34. The molecule has 176 valence electrons. The monoisotopic (exact) mass is 498 g/mol. The molecule has 5 N–H and O–H groups in total. The Hall–Kier alpha value is -3.40. The van der Waals surface area contributed by atoms with Gasteiger partial charge in [0.1, 0.15) is 5.82 Å². The number of aryl methyl sites for hydroxylation is 1. The van der Waals surface area contributed by atoms with Crippen LogP contribution in [0.4, 0.5) is 11.5 Å². The highest BCUT2D eigenvalue weighted by Gasteiger charge is 2.19. The molecule has 0 aliphatic rings. The van der Waals surface area contributed by atoms with Crippen molar-refractivity contribution < 1.29 is 19.5 Å². The van der Waals surface area contributed by atoms with Gasteiger partial charge in [-0.15, -0.1) is 11.8 Å². The summed E-state index contributed by atoms with van der Waals surface area (Å²) in [6.45, 7) is 2.47. The van der Waals surface area contributed by atoms with Gasteiger partial charge in [0.25, 0.3) is 11.8 Å². The van der Waals surface area contributed by atoms with Gasteiger partial charge in [-0.2, -0.15) is 0 Å². The van der Waals surface area contributed by atoms with Crippen molar-refractivity contribution in [2.24, 2.45) is 5.73 Å². The predicted octanol–water partition coefficient (Wildman–Crippen LogP) is 4.69. The largest absolute Gasteiger partial charge is 0.478 e. The maximum absolute atomic E-state index is 13.2. The standard InChI is InChI=1S/C24H23ClN4O4S/c1-14-3-6-18(20(11-14)34-10-2-9-26)23(31)28-19-12-15(24(32)33)4-7-17(19)22(30)29-21-8-5-16(25)13-27-21/h3-8,11-13H,2,9-10,26H2,1H3,(H,28,31)(H,32,33)(H,27,29,30). The Kier molecular flexibility index (Phi) is 8.64. The first-order valence-electron chi connectivity index (χ1n) is 10.3. The number of thioether (sulfide) groups is 1. The minimum Gasteiger partial charge on any atom is -0.478 e. The van der Waals surface area contributed by atoms with Gasteiger partial charge in [0.05, 0.1) is 27.4 Å². The molecule has 0 saturated carbocycles. The van der Waals surface area contributed by atoms with Crippen LogP contribution in [0.15, 0.2) is 59.6 Å². The molecule has 0 atom stereocenters. The lowest BCUT2D eigenvalue weighted by Crippen LogP contribution is -2.20. The first kappa shape index (κ1) is 25.2. The van der Waals surface area contributed by atoms with Crippen LogP contribution in [-0.2, 0) is 0 Å². The summed E-state index contributed by atoms with van der Waals surface area (Å²) in [6.07, 6.45) is 2.18. The fourth-order valence-electron chi connectivity index (χ4n) is 3.00. The molecule has 0 saturated heterocycles. The van der Waals surface area contributed by atoms with E-state index in [1.54, 1.807) is 12.1 Å². The second-order valence-electron chi connectivity index (χ2n) is 7.33. The number of carbonyl (C=O) groups is 3. The molecule has 8 nitrogen and oxygen atoms in total. The molecule has 10 heteroatoms. The van der Waals surface area contributed by atoms with E-state index in [1.165, 1.54) is 42.2 Å². The quantitative estimate of drug-likeness (QED) is 0.248. The Morgan fingerprint density at radius 3 is 2.44 bits per heavy atom. The van der Waals surface area contributed by atoms with Gasteiger partial charge in [-0.05, 0) is 73.7 Å². The number of amides is 2. The van der Waals surface area contributed by atoms with Gasteiger partial charge in [-0.3, -0.25) is 9.59 Å². The Morgan fingerprint density at radius 2 is 1.76 bits per heavy atom. The SMILES string of the molecule is Cc1ccc(C(=O)Nc2cc(C(=O)O)ccc2C(=O)Nc2ccc(Cl)cn2)c(SCCCN)c1. The molecule has 0 unspecified atom stereocenters. The number of halogens is 1. The first-order valence-corrected chi connectivity index (χ1v) is 11.7. The number of benzene rings is 2. The van der Waals surface area contributed by atoms with Gasteiger partial charge in [-0.1, -0.05) is 17.7 Å². The lowest BCUT2D eigenvalue weighted by molar-refractivity contribution is 0.0696. The average molecular weight is 499 g/mol. The van der Waals surface area contributed by atoms with Crippen molar-refractivity contribution in [3.05, 3.63) is 82.0 Å². The minimum absolute atomic E-state index is 0.0647. The van der Waals surface area contributed by atoms with E-state index in [1.807, 2.05) is 19.1 Å². The molecule has 0 radical (unpaired) electrons. The lowest BCUT2D eigenvalue weighted by Gasteiger charge is -2.14. The van der Waals surface area contributed by atoms with Crippen molar-refractivity contribution in [1.82, 2.24) is 4.98 Å². The molecular weight excluding hydrogens is 476 g/mol. The van der Waals surface area contributed by atoms with Gasteiger partial charge in [0.2, 0.25) is 0 Å². The van der Waals surface area contributed by atoms with Crippen molar-refractivity contribution in [2.45, 2.75) is 18.2 Å². The van der Waals surface area contributed by atoms with Crippen LogP contribution in [0.2, 0.25) is 5.02 Å². The number of nitrogens with two attached hydrogens (primary N) is 1. The normalized spacial score (nSPS) is 10.6. The molecule has 1 heterocycles. The van der Waals surface area contributed by atoms with Crippen LogP contribution < -0.4 is 16.4 Å². The number of pyridine rings is 1. The van der Waals surface area contributed by atoms with Crippen molar-refractivity contribution in [3.8, 4) is 0 Å². The van der Waals surface area contributed by atoms with E-state index in [2.05, 4.69) is 15.6 Å². The maximum atomic E-state index is 13.2. The molecular formula is C24H23ClN4O4S. The number of aromatic nitrogens is 1. The molecule has 34 heavy (non-hydrogen) atoms. The van der Waals surface area contributed by atoms with Gasteiger partial charge in [0.15, 0.2) is 0 Å². The van der Waals surface area contributed by atoms with Crippen LogP contribution in [0.5, 0.6) is 0 Å². The van der Waals surface area contributed by atoms with E-state index >= 15 is 0 Å². The van der Waals surface area contributed by atoms with Gasteiger partial charge in [0, 0.05) is 11.1 Å². The average Bonchev–Trinajstić information content (AvgIpc) is 2.80. The molecule has 0 aliphatic heterocycles. The van der Waals surface area contributed by atoms with E-state index < -0.39 is 17.8 Å². The number of carboxylic acids is 1. The third-order valence-electron chi connectivity index (χ3n) is 4.72. The smallest absolute Gasteiger partial charge is 0.335 e. The van der Waals surface area contributed by atoms with E-state index in [4.69, 9.17) is 17.3 Å². The first-order chi connectivity index (χ1) is 16.3. The molecule has 2 amide bonds. The number of nitrogens with zero attached hydrogens (tertiary/aromatic N) is 1. The highest BCUT2D eigenvalue weighted by Crippen LogP contribution is 2.27. The molecule has 2 aromatic carbocycles. The van der Waals surface area contributed by atoms with E-state index in [0.717, 1.165) is 22.6 Å². The van der Waals surface area contributed by atoms with Crippen LogP contribution in [-0.4, -0.2) is 40.2 Å².